The van der Waals surface area contributed by atoms with Gasteiger partial charge in [0.1, 0.15) is 5.76 Å². The van der Waals surface area contributed by atoms with Gasteiger partial charge < -0.3 is 19.6 Å². The van der Waals surface area contributed by atoms with Gasteiger partial charge >= 0.3 is 6.03 Å². The van der Waals surface area contributed by atoms with E-state index >= 15 is 0 Å². The molecule has 1 aliphatic carbocycles. The van der Waals surface area contributed by atoms with Crippen LogP contribution < -0.4 is 10.9 Å². The van der Waals surface area contributed by atoms with E-state index in [1.165, 1.54) is 12.0 Å². The van der Waals surface area contributed by atoms with E-state index in [4.69, 9.17) is 4.42 Å². The standard InChI is InChI=1S/C24H29N3O3/c1-16-11-18-13-19(23(28)26-22(18)12-17(16)2)14-27(15-21-9-6-10-30-21)24(29)25-20-7-4-3-5-8-20/h6,9-13,20H,3-5,7-8,14-15H2,1-2H3,(H,25,29)(H,26,28). The van der Waals surface area contributed by atoms with Crippen LogP contribution in [0.4, 0.5) is 4.79 Å². The van der Waals surface area contributed by atoms with Crippen molar-refractivity contribution in [3.8, 4) is 0 Å². The number of urea groups is 1. The van der Waals surface area contributed by atoms with Crippen molar-refractivity contribution in [1.82, 2.24) is 15.2 Å². The minimum atomic E-state index is -0.166. The molecule has 0 saturated heterocycles. The number of rotatable bonds is 5. The zero-order valence-electron chi connectivity index (χ0n) is 17.7. The Balaban J connectivity index is 1.60. The summed E-state index contributed by atoms with van der Waals surface area (Å²) in [7, 11) is 0. The molecule has 2 N–H and O–H groups in total. The number of aromatic amines is 1. The molecule has 1 aliphatic rings. The number of H-pyrrole nitrogens is 1. The Morgan fingerprint density at radius 2 is 1.90 bits per heavy atom. The Kier molecular flexibility index (Phi) is 5.93. The van der Waals surface area contributed by atoms with Crippen molar-refractivity contribution in [3.05, 3.63) is 69.4 Å². The predicted octanol–water partition coefficient (Wildman–Crippen LogP) is 4.78. The normalized spacial score (nSPS) is 14.7. The molecule has 3 aromatic rings. The summed E-state index contributed by atoms with van der Waals surface area (Å²) in [6, 6.07) is 9.65. The van der Waals surface area contributed by atoms with Crippen LogP contribution in [0.3, 0.4) is 0 Å². The second kappa shape index (κ2) is 8.78. The summed E-state index contributed by atoms with van der Waals surface area (Å²) < 4.78 is 5.46. The molecule has 6 nitrogen and oxygen atoms in total. The summed E-state index contributed by atoms with van der Waals surface area (Å²) in [5, 5.41) is 4.13. The van der Waals surface area contributed by atoms with Crippen LogP contribution in [0.2, 0.25) is 0 Å². The van der Waals surface area contributed by atoms with Crippen molar-refractivity contribution in [2.24, 2.45) is 0 Å². The van der Waals surface area contributed by atoms with Gasteiger partial charge in [0.2, 0.25) is 0 Å². The van der Waals surface area contributed by atoms with Crippen molar-refractivity contribution in [2.45, 2.75) is 65.1 Å². The molecule has 2 amide bonds. The van der Waals surface area contributed by atoms with E-state index in [2.05, 4.69) is 23.3 Å². The monoisotopic (exact) mass is 407 g/mol. The van der Waals surface area contributed by atoms with Crippen molar-refractivity contribution >= 4 is 16.9 Å². The highest BCUT2D eigenvalue weighted by Gasteiger charge is 2.22. The molecule has 1 fully saturated rings. The molecule has 6 heteroatoms. The maximum atomic E-state index is 13.1. The van der Waals surface area contributed by atoms with E-state index in [0.29, 0.717) is 17.9 Å². The first-order valence-electron chi connectivity index (χ1n) is 10.7. The number of furan rings is 1. The van der Waals surface area contributed by atoms with Gasteiger partial charge in [-0.3, -0.25) is 4.79 Å². The van der Waals surface area contributed by atoms with E-state index in [9.17, 15) is 9.59 Å². The first kappa shape index (κ1) is 20.3. The molecule has 2 aromatic heterocycles. The molecule has 0 aliphatic heterocycles. The van der Waals surface area contributed by atoms with Gasteiger partial charge in [-0.15, -0.1) is 0 Å². The largest absolute Gasteiger partial charge is 0.467 e. The molecule has 0 atom stereocenters. The third kappa shape index (κ3) is 4.58. The number of hydrogen-bond acceptors (Lipinski definition) is 3. The van der Waals surface area contributed by atoms with Crippen LogP contribution in [0.25, 0.3) is 10.9 Å². The molecule has 0 spiro atoms. The second-order valence-electron chi connectivity index (χ2n) is 8.37. The van der Waals surface area contributed by atoms with Gasteiger partial charge in [-0.1, -0.05) is 19.3 Å². The van der Waals surface area contributed by atoms with Gasteiger partial charge in [-0.05, 0) is 73.5 Å². The van der Waals surface area contributed by atoms with Gasteiger partial charge in [-0.2, -0.15) is 0 Å². The average molecular weight is 408 g/mol. The number of amides is 2. The summed E-state index contributed by atoms with van der Waals surface area (Å²) in [5.74, 6) is 0.692. The highest BCUT2D eigenvalue weighted by atomic mass is 16.3. The van der Waals surface area contributed by atoms with Crippen LogP contribution in [-0.4, -0.2) is 22.0 Å². The molecule has 0 bridgehead atoms. The summed E-state index contributed by atoms with van der Waals surface area (Å²) in [4.78, 5) is 30.5. The number of nitrogens with one attached hydrogen (secondary N) is 2. The van der Waals surface area contributed by atoms with Gasteiger partial charge in [-0.25, -0.2) is 4.79 Å². The highest BCUT2D eigenvalue weighted by Crippen LogP contribution is 2.20. The number of carbonyl (C=O) groups excluding carboxylic acids is 1. The Morgan fingerprint density at radius 1 is 1.13 bits per heavy atom. The Morgan fingerprint density at radius 3 is 2.63 bits per heavy atom. The maximum absolute atomic E-state index is 13.1. The quantitative estimate of drug-likeness (QED) is 0.639. The highest BCUT2D eigenvalue weighted by molar-refractivity contribution is 5.81. The molecule has 4 rings (SSSR count). The van der Waals surface area contributed by atoms with E-state index < -0.39 is 0 Å². The molecular formula is C24H29N3O3. The van der Waals surface area contributed by atoms with Gasteiger partial charge in [0.25, 0.3) is 5.56 Å². The molecule has 158 valence electrons. The number of hydrogen-bond donors (Lipinski definition) is 2. The third-order valence-electron chi connectivity index (χ3n) is 6.04. The van der Waals surface area contributed by atoms with E-state index in [1.54, 1.807) is 17.2 Å². The summed E-state index contributed by atoms with van der Waals surface area (Å²) in [6.07, 6.45) is 7.14. The van der Waals surface area contributed by atoms with Crippen LogP contribution in [0.1, 0.15) is 54.6 Å². The lowest BCUT2D eigenvalue weighted by molar-refractivity contribution is 0.179. The number of aromatic nitrogens is 1. The molecule has 0 unspecified atom stereocenters. The molecule has 0 radical (unpaired) electrons. The SMILES string of the molecule is Cc1cc2cc(CN(Cc3ccco3)C(=O)NC3CCCCC3)c(=O)[nH]c2cc1C. The Labute approximate surface area is 176 Å². The van der Waals surface area contributed by atoms with Gasteiger partial charge in [0, 0.05) is 17.1 Å². The Hall–Kier alpha value is -3.02. The third-order valence-corrected chi connectivity index (χ3v) is 6.04. The summed E-state index contributed by atoms with van der Waals surface area (Å²) in [6.45, 7) is 4.62. The van der Waals surface area contributed by atoms with Crippen molar-refractivity contribution in [1.29, 1.82) is 0 Å². The van der Waals surface area contributed by atoms with Crippen molar-refractivity contribution in [3.63, 3.8) is 0 Å². The first-order chi connectivity index (χ1) is 14.5. The van der Waals surface area contributed by atoms with Crippen LogP contribution in [0.15, 0.2) is 45.8 Å². The Bertz CT molecular complexity index is 1080. The van der Waals surface area contributed by atoms with Gasteiger partial charge in [0.15, 0.2) is 0 Å². The topological polar surface area (TPSA) is 78.3 Å². The van der Waals surface area contributed by atoms with E-state index in [-0.39, 0.29) is 24.2 Å². The zero-order chi connectivity index (χ0) is 21.1. The number of pyridine rings is 1. The van der Waals surface area contributed by atoms with E-state index in [0.717, 1.165) is 42.1 Å². The van der Waals surface area contributed by atoms with Crippen molar-refractivity contribution < 1.29 is 9.21 Å². The molecular weight excluding hydrogens is 378 g/mol. The van der Waals surface area contributed by atoms with Crippen LogP contribution in [0.5, 0.6) is 0 Å². The average Bonchev–Trinajstić information content (AvgIpc) is 3.23. The molecule has 1 aromatic carbocycles. The first-order valence-corrected chi connectivity index (χ1v) is 10.7. The summed E-state index contributed by atoms with van der Waals surface area (Å²) >= 11 is 0. The lowest BCUT2D eigenvalue weighted by atomic mass is 9.96. The fourth-order valence-electron chi connectivity index (χ4n) is 4.15. The van der Waals surface area contributed by atoms with Crippen LogP contribution in [-0.2, 0) is 13.1 Å². The number of fused-ring (bicyclic) bond motifs is 1. The predicted molar refractivity (Wildman–Crippen MR) is 117 cm³/mol. The van der Waals surface area contributed by atoms with Crippen molar-refractivity contribution in [2.75, 3.05) is 0 Å². The van der Waals surface area contributed by atoms with Crippen LogP contribution in [0, 0.1) is 13.8 Å². The number of nitrogens with zero attached hydrogens (tertiary/aromatic N) is 1. The smallest absolute Gasteiger partial charge is 0.318 e. The second-order valence-corrected chi connectivity index (χ2v) is 8.37. The number of aryl methyl sites for hydroxylation is 2. The fourth-order valence-corrected chi connectivity index (χ4v) is 4.15. The summed E-state index contributed by atoms with van der Waals surface area (Å²) in [5.41, 5.74) is 3.52. The fraction of sp³-hybridized carbons (Fsp3) is 0.417. The number of carbonyl (C=O) groups is 1. The lowest BCUT2D eigenvalue weighted by Gasteiger charge is -2.28. The minimum Gasteiger partial charge on any atom is -0.467 e. The maximum Gasteiger partial charge on any atom is 0.318 e. The van der Waals surface area contributed by atoms with Crippen LogP contribution >= 0.6 is 0 Å². The molecule has 2 heterocycles. The lowest BCUT2D eigenvalue weighted by Crippen LogP contribution is -2.45. The molecule has 1 saturated carbocycles. The van der Waals surface area contributed by atoms with E-state index in [1.807, 2.05) is 25.1 Å². The minimum absolute atomic E-state index is 0.155. The zero-order valence-corrected chi connectivity index (χ0v) is 17.7. The van der Waals surface area contributed by atoms with Gasteiger partial charge in [0.05, 0.1) is 19.4 Å². The number of benzene rings is 1. The molecule has 30 heavy (non-hydrogen) atoms.